The summed E-state index contributed by atoms with van der Waals surface area (Å²) in [5, 5.41) is 6.35. The van der Waals surface area contributed by atoms with Gasteiger partial charge in [0.05, 0.1) is 33.6 Å². The molecule has 0 atom stereocenters. The van der Waals surface area contributed by atoms with Crippen LogP contribution < -0.4 is 25.0 Å². The molecule has 0 radical (unpaired) electrons. The van der Waals surface area contributed by atoms with Crippen LogP contribution in [-0.2, 0) is 14.3 Å². The summed E-state index contributed by atoms with van der Waals surface area (Å²) in [6.45, 7) is 1.52. The Morgan fingerprint density at radius 3 is 2.53 bits per heavy atom. The van der Waals surface area contributed by atoms with Gasteiger partial charge >= 0.3 is 5.97 Å². The smallest absolute Gasteiger partial charge is 0.344 e. The van der Waals surface area contributed by atoms with E-state index in [-0.39, 0.29) is 19.8 Å². The average Bonchev–Trinajstić information content (AvgIpc) is 2.81. The van der Waals surface area contributed by atoms with E-state index >= 15 is 0 Å². The lowest BCUT2D eigenvalue weighted by molar-refractivity contribution is -0.145. The lowest BCUT2D eigenvalue weighted by Crippen LogP contribution is -2.34. The van der Waals surface area contributed by atoms with Gasteiger partial charge in [0.2, 0.25) is 0 Å². The molecule has 10 heteroatoms. The quantitative estimate of drug-likeness (QED) is 0.307. The number of ether oxygens (including phenoxy) is 4. The summed E-state index contributed by atoms with van der Waals surface area (Å²) in [5.74, 6) is -0.0695. The lowest BCUT2D eigenvalue weighted by Gasteiger charge is -2.09. The third-order valence-corrected chi connectivity index (χ3v) is 3.98. The SMILES string of the molecule is CCOC(=O)COc1cccc(/C=N/NC(=O)CNC(=O)c2ccc(OC)c(OC)c2)c1. The van der Waals surface area contributed by atoms with E-state index in [0.717, 1.165) is 0 Å². The van der Waals surface area contributed by atoms with Crippen molar-refractivity contribution in [2.45, 2.75) is 6.92 Å². The molecule has 0 bridgehead atoms. The Labute approximate surface area is 185 Å². The van der Waals surface area contributed by atoms with Crippen molar-refractivity contribution in [1.29, 1.82) is 0 Å². The predicted octanol–water partition coefficient (Wildman–Crippen LogP) is 1.53. The molecule has 0 aliphatic heterocycles. The van der Waals surface area contributed by atoms with Gasteiger partial charge in [-0.1, -0.05) is 12.1 Å². The maximum absolute atomic E-state index is 12.2. The molecular formula is C22H25N3O7. The third-order valence-electron chi connectivity index (χ3n) is 3.98. The molecule has 2 N–H and O–H groups in total. The highest BCUT2D eigenvalue weighted by atomic mass is 16.6. The van der Waals surface area contributed by atoms with Crippen LogP contribution in [0.4, 0.5) is 0 Å². The van der Waals surface area contributed by atoms with Crippen LogP contribution in [0.5, 0.6) is 17.2 Å². The van der Waals surface area contributed by atoms with E-state index in [1.807, 2.05) is 0 Å². The molecule has 0 saturated carbocycles. The van der Waals surface area contributed by atoms with Crippen LogP contribution in [0.2, 0.25) is 0 Å². The highest BCUT2D eigenvalue weighted by molar-refractivity contribution is 5.97. The van der Waals surface area contributed by atoms with E-state index in [4.69, 9.17) is 18.9 Å². The van der Waals surface area contributed by atoms with Crippen molar-refractivity contribution in [2.24, 2.45) is 5.10 Å². The van der Waals surface area contributed by atoms with Crippen molar-refractivity contribution in [2.75, 3.05) is 34.0 Å². The molecule has 2 aromatic rings. The first kappa shape index (κ1) is 24.2. The van der Waals surface area contributed by atoms with Crippen LogP contribution in [0.1, 0.15) is 22.8 Å². The molecule has 0 spiro atoms. The molecule has 0 fully saturated rings. The van der Waals surface area contributed by atoms with Crippen LogP contribution in [0.3, 0.4) is 0 Å². The van der Waals surface area contributed by atoms with Crippen molar-refractivity contribution >= 4 is 24.0 Å². The molecule has 32 heavy (non-hydrogen) atoms. The number of nitrogens with zero attached hydrogens (tertiary/aromatic N) is 1. The Kier molecular flexibility index (Phi) is 9.51. The monoisotopic (exact) mass is 443 g/mol. The van der Waals surface area contributed by atoms with E-state index in [2.05, 4.69) is 15.8 Å². The van der Waals surface area contributed by atoms with Crippen molar-refractivity contribution in [3.63, 3.8) is 0 Å². The predicted molar refractivity (Wildman–Crippen MR) is 116 cm³/mol. The molecule has 2 rings (SSSR count). The van der Waals surface area contributed by atoms with E-state index in [9.17, 15) is 14.4 Å². The first-order valence-electron chi connectivity index (χ1n) is 9.67. The molecule has 0 aliphatic rings. The fraction of sp³-hybridized carbons (Fsp3) is 0.273. The van der Waals surface area contributed by atoms with Gasteiger partial charge in [-0.15, -0.1) is 0 Å². The average molecular weight is 443 g/mol. The second kappa shape index (κ2) is 12.6. The van der Waals surface area contributed by atoms with Gasteiger partial charge in [-0.3, -0.25) is 9.59 Å². The number of carbonyl (C=O) groups excluding carboxylic acids is 3. The van der Waals surface area contributed by atoms with Gasteiger partial charge in [-0.2, -0.15) is 5.10 Å². The topological polar surface area (TPSA) is 125 Å². The Morgan fingerprint density at radius 1 is 1.03 bits per heavy atom. The number of amides is 2. The highest BCUT2D eigenvalue weighted by Gasteiger charge is 2.11. The van der Waals surface area contributed by atoms with Crippen LogP contribution in [0.25, 0.3) is 0 Å². The molecule has 0 heterocycles. The fourth-order valence-corrected chi connectivity index (χ4v) is 2.49. The van der Waals surface area contributed by atoms with Crippen molar-refractivity contribution in [3.05, 3.63) is 53.6 Å². The lowest BCUT2D eigenvalue weighted by atomic mass is 10.2. The largest absolute Gasteiger partial charge is 0.493 e. The van der Waals surface area contributed by atoms with Gasteiger partial charge < -0.3 is 24.3 Å². The zero-order valence-electron chi connectivity index (χ0n) is 18.0. The zero-order chi connectivity index (χ0) is 23.3. The van der Waals surface area contributed by atoms with Gasteiger partial charge in [0.1, 0.15) is 5.75 Å². The van der Waals surface area contributed by atoms with Gasteiger partial charge in [-0.05, 0) is 42.8 Å². The highest BCUT2D eigenvalue weighted by Crippen LogP contribution is 2.27. The maximum atomic E-state index is 12.2. The Balaban J connectivity index is 1.82. The number of nitrogens with one attached hydrogen (secondary N) is 2. The van der Waals surface area contributed by atoms with Crippen molar-refractivity contribution < 1.29 is 33.3 Å². The number of hydrogen-bond donors (Lipinski definition) is 2. The maximum Gasteiger partial charge on any atom is 0.344 e. The van der Waals surface area contributed by atoms with Gasteiger partial charge in [0.25, 0.3) is 11.8 Å². The van der Waals surface area contributed by atoms with Crippen LogP contribution >= 0.6 is 0 Å². The summed E-state index contributed by atoms with van der Waals surface area (Å²) in [4.78, 5) is 35.5. The third kappa shape index (κ3) is 7.63. The molecular weight excluding hydrogens is 418 g/mol. The van der Waals surface area contributed by atoms with Crippen LogP contribution in [0.15, 0.2) is 47.6 Å². The molecule has 0 unspecified atom stereocenters. The molecule has 2 amide bonds. The molecule has 0 aliphatic carbocycles. The summed E-state index contributed by atoms with van der Waals surface area (Å²) in [7, 11) is 2.96. The van der Waals surface area contributed by atoms with E-state index in [0.29, 0.717) is 28.4 Å². The second-order valence-electron chi connectivity index (χ2n) is 6.21. The summed E-state index contributed by atoms with van der Waals surface area (Å²) >= 11 is 0. The standard InChI is InChI=1S/C22H25N3O7/c1-4-31-21(27)14-32-17-7-5-6-15(10-17)12-24-25-20(26)13-23-22(28)16-8-9-18(29-2)19(11-16)30-3/h5-12H,4,13-14H2,1-3H3,(H,23,28)(H,25,26)/b24-12+. The van der Waals surface area contributed by atoms with Crippen LogP contribution in [-0.4, -0.2) is 58.0 Å². The van der Waals surface area contributed by atoms with Crippen molar-refractivity contribution in [3.8, 4) is 17.2 Å². The Bertz CT molecular complexity index is 976. The minimum atomic E-state index is -0.509. The number of methoxy groups -OCH3 is 2. The number of hydrazone groups is 1. The number of benzene rings is 2. The van der Waals surface area contributed by atoms with Gasteiger partial charge in [0, 0.05) is 5.56 Å². The second-order valence-corrected chi connectivity index (χ2v) is 6.21. The Morgan fingerprint density at radius 2 is 1.81 bits per heavy atom. The molecule has 2 aromatic carbocycles. The molecule has 10 nitrogen and oxygen atoms in total. The molecule has 0 saturated heterocycles. The summed E-state index contributed by atoms with van der Waals surface area (Å²) < 4.78 is 20.4. The summed E-state index contributed by atoms with van der Waals surface area (Å²) in [6.07, 6.45) is 1.41. The molecule has 0 aromatic heterocycles. The Hall–Kier alpha value is -4.08. The summed E-state index contributed by atoms with van der Waals surface area (Å²) in [6, 6.07) is 11.5. The zero-order valence-corrected chi connectivity index (χ0v) is 18.0. The summed E-state index contributed by atoms with van der Waals surface area (Å²) in [5.41, 5.74) is 3.28. The minimum absolute atomic E-state index is 0.203. The number of rotatable bonds is 11. The normalized spacial score (nSPS) is 10.3. The minimum Gasteiger partial charge on any atom is -0.493 e. The fourth-order valence-electron chi connectivity index (χ4n) is 2.49. The number of hydrogen-bond acceptors (Lipinski definition) is 8. The van der Waals surface area contributed by atoms with E-state index in [1.54, 1.807) is 43.3 Å². The van der Waals surface area contributed by atoms with Gasteiger partial charge in [0.15, 0.2) is 18.1 Å². The van der Waals surface area contributed by atoms with E-state index < -0.39 is 17.8 Å². The number of carbonyl (C=O) groups is 3. The molecule has 170 valence electrons. The van der Waals surface area contributed by atoms with Crippen molar-refractivity contribution in [1.82, 2.24) is 10.7 Å². The first-order chi connectivity index (χ1) is 15.5. The van der Waals surface area contributed by atoms with E-state index in [1.165, 1.54) is 26.5 Å². The van der Waals surface area contributed by atoms with Gasteiger partial charge in [-0.25, -0.2) is 10.2 Å². The first-order valence-corrected chi connectivity index (χ1v) is 9.67. The number of esters is 1. The van der Waals surface area contributed by atoms with Crippen LogP contribution in [0, 0.1) is 0 Å².